The highest BCUT2D eigenvalue weighted by Crippen LogP contribution is 2.48. The summed E-state index contributed by atoms with van der Waals surface area (Å²) in [5.41, 5.74) is 2.18. The number of methoxy groups -OCH3 is 1. The molecule has 3 atom stereocenters. The molecule has 0 aromatic heterocycles. The predicted octanol–water partition coefficient (Wildman–Crippen LogP) is 5.92. The molecule has 2 aliphatic heterocycles. The molecule has 256 valence electrons. The van der Waals surface area contributed by atoms with Crippen molar-refractivity contribution >= 4 is 11.9 Å². The van der Waals surface area contributed by atoms with E-state index in [4.69, 9.17) is 18.9 Å². The van der Waals surface area contributed by atoms with Crippen LogP contribution in [0.3, 0.4) is 0 Å². The number of nitrogens with zero attached hydrogens (tertiary/aromatic N) is 3. The zero-order chi connectivity index (χ0) is 34.0. The first kappa shape index (κ1) is 34.5. The Morgan fingerprint density at radius 2 is 1.65 bits per heavy atom. The summed E-state index contributed by atoms with van der Waals surface area (Å²) in [7, 11) is 1.59. The summed E-state index contributed by atoms with van der Waals surface area (Å²) >= 11 is 0. The molecule has 0 saturated carbocycles. The van der Waals surface area contributed by atoms with Crippen LogP contribution in [0.2, 0.25) is 0 Å². The monoisotopic (exact) mass is 661 g/mol. The molecule has 0 aliphatic carbocycles. The van der Waals surface area contributed by atoms with Crippen molar-refractivity contribution in [2.75, 3.05) is 40.1 Å². The topological polar surface area (TPSA) is 130 Å². The molecule has 48 heavy (non-hydrogen) atoms. The third-order valence-corrected chi connectivity index (χ3v) is 8.86. The normalized spacial score (nSPS) is 18.4. The van der Waals surface area contributed by atoms with Crippen molar-refractivity contribution in [1.29, 1.82) is 0 Å². The molecule has 2 heterocycles. The Morgan fingerprint density at radius 1 is 0.938 bits per heavy atom. The zero-order valence-corrected chi connectivity index (χ0v) is 27.7. The van der Waals surface area contributed by atoms with E-state index in [0.717, 1.165) is 36.8 Å². The van der Waals surface area contributed by atoms with Crippen LogP contribution < -0.4 is 18.9 Å². The minimum atomic E-state index is -0.867. The minimum absolute atomic E-state index is 0.0207. The maximum atomic E-state index is 14.4. The van der Waals surface area contributed by atoms with E-state index < -0.39 is 23.0 Å². The summed E-state index contributed by atoms with van der Waals surface area (Å²) in [6, 6.07) is 19.2. The SMILES string of the molecule is CCCCN(CCCC)C(=O)CN1CC(c2ccc3c(c2)OCO3)C(C(=O)Oc2cccc(CO[N+](=O)[O-])c2)C1c1ccc(OC)cc1. The summed E-state index contributed by atoms with van der Waals surface area (Å²) in [5, 5.41) is 9.89. The van der Waals surface area contributed by atoms with Crippen LogP contribution in [0.15, 0.2) is 66.7 Å². The number of likely N-dealkylation sites (tertiary alicyclic amines) is 1. The van der Waals surface area contributed by atoms with Crippen LogP contribution in [0.5, 0.6) is 23.0 Å². The lowest BCUT2D eigenvalue weighted by Crippen LogP contribution is -2.42. The Bertz CT molecular complexity index is 1560. The van der Waals surface area contributed by atoms with Crippen LogP contribution in [-0.2, 0) is 21.0 Å². The van der Waals surface area contributed by atoms with Gasteiger partial charge in [-0.15, -0.1) is 10.1 Å². The van der Waals surface area contributed by atoms with E-state index in [1.54, 1.807) is 31.4 Å². The molecule has 0 spiro atoms. The number of esters is 1. The van der Waals surface area contributed by atoms with Gasteiger partial charge in [0.15, 0.2) is 11.5 Å². The van der Waals surface area contributed by atoms with Gasteiger partial charge in [-0.05, 0) is 65.9 Å². The van der Waals surface area contributed by atoms with Crippen LogP contribution in [0.1, 0.15) is 68.2 Å². The second kappa shape index (κ2) is 16.3. The number of unbranched alkanes of at least 4 members (excludes halogenated alkanes) is 2. The molecule has 1 fully saturated rings. The first-order valence-electron chi connectivity index (χ1n) is 16.4. The number of ether oxygens (including phenoxy) is 4. The van der Waals surface area contributed by atoms with E-state index in [-0.39, 0.29) is 37.5 Å². The van der Waals surface area contributed by atoms with Gasteiger partial charge in [0.1, 0.15) is 18.1 Å². The van der Waals surface area contributed by atoms with E-state index in [1.165, 1.54) is 0 Å². The van der Waals surface area contributed by atoms with Crippen molar-refractivity contribution in [3.8, 4) is 23.0 Å². The Labute approximate surface area is 280 Å². The number of hydrogen-bond acceptors (Lipinski definition) is 10. The molecule has 3 aromatic rings. The number of amides is 1. The van der Waals surface area contributed by atoms with E-state index >= 15 is 0 Å². The van der Waals surface area contributed by atoms with E-state index in [9.17, 15) is 19.7 Å². The van der Waals surface area contributed by atoms with Crippen LogP contribution in [0, 0.1) is 16.0 Å². The third-order valence-electron chi connectivity index (χ3n) is 8.86. The van der Waals surface area contributed by atoms with Gasteiger partial charge >= 0.3 is 5.97 Å². The molecule has 0 N–H and O–H groups in total. The van der Waals surface area contributed by atoms with Crippen molar-refractivity contribution in [2.45, 2.75) is 58.1 Å². The highest BCUT2D eigenvalue weighted by molar-refractivity contribution is 5.80. The highest BCUT2D eigenvalue weighted by Gasteiger charge is 2.49. The Kier molecular flexibility index (Phi) is 11.7. The van der Waals surface area contributed by atoms with Crippen molar-refractivity contribution in [2.24, 2.45) is 5.92 Å². The van der Waals surface area contributed by atoms with Crippen LogP contribution in [0.25, 0.3) is 0 Å². The molecular weight excluding hydrogens is 618 g/mol. The van der Waals surface area contributed by atoms with Gasteiger partial charge in [-0.2, -0.15) is 0 Å². The summed E-state index contributed by atoms with van der Waals surface area (Å²) in [5.74, 6) is 0.566. The molecule has 2 aliphatic rings. The smallest absolute Gasteiger partial charge is 0.316 e. The third kappa shape index (κ3) is 8.35. The van der Waals surface area contributed by atoms with Crippen LogP contribution in [0.4, 0.5) is 0 Å². The van der Waals surface area contributed by atoms with Crippen molar-refractivity contribution in [3.05, 3.63) is 93.5 Å². The van der Waals surface area contributed by atoms with Gasteiger partial charge in [0.2, 0.25) is 12.7 Å². The fourth-order valence-electron chi connectivity index (χ4n) is 6.40. The summed E-state index contributed by atoms with van der Waals surface area (Å²) in [6.07, 6.45) is 3.79. The number of hydrogen-bond donors (Lipinski definition) is 0. The second-order valence-electron chi connectivity index (χ2n) is 12.0. The van der Waals surface area contributed by atoms with E-state index in [1.807, 2.05) is 47.4 Å². The van der Waals surface area contributed by atoms with E-state index in [0.29, 0.717) is 42.4 Å². The molecule has 3 aromatic carbocycles. The molecule has 3 unspecified atom stereocenters. The first-order valence-corrected chi connectivity index (χ1v) is 16.4. The van der Waals surface area contributed by atoms with Gasteiger partial charge < -0.3 is 28.7 Å². The van der Waals surface area contributed by atoms with Crippen molar-refractivity contribution in [3.63, 3.8) is 0 Å². The van der Waals surface area contributed by atoms with Gasteiger partial charge in [-0.25, -0.2) is 0 Å². The summed E-state index contributed by atoms with van der Waals surface area (Å²) in [6.45, 7) is 5.97. The van der Waals surface area contributed by atoms with Gasteiger partial charge in [0, 0.05) is 31.6 Å². The average molecular weight is 662 g/mol. The maximum absolute atomic E-state index is 14.4. The highest BCUT2D eigenvalue weighted by atomic mass is 16.9. The quantitative estimate of drug-likeness (QED) is 0.0789. The lowest BCUT2D eigenvalue weighted by Gasteiger charge is -2.30. The maximum Gasteiger partial charge on any atom is 0.316 e. The first-order chi connectivity index (χ1) is 23.3. The summed E-state index contributed by atoms with van der Waals surface area (Å²) in [4.78, 5) is 47.6. The molecule has 1 saturated heterocycles. The number of carbonyl (C=O) groups is 2. The number of rotatable bonds is 16. The Balaban J connectivity index is 1.52. The molecular formula is C36H43N3O9. The van der Waals surface area contributed by atoms with Gasteiger partial charge in [-0.1, -0.05) is 57.0 Å². The second-order valence-corrected chi connectivity index (χ2v) is 12.0. The lowest BCUT2D eigenvalue weighted by molar-refractivity contribution is -0.763. The molecule has 12 nitrogen and oxygen atoms in total. The molecule has 1 amide bonds. The Morgan fingerprint density at radius 3 is 2.33 bits per heavy atom. The standard InChI is InChI=1S/C36H43N3O9/c1-4-6-17-37(18-7-5-2)33(40)22-38-21-30(27-13-16-31-32(20-27)46-24-45-31)34(35(38)26-11-14-28(44-3)15-12-26)36(41)48-29-10-8-9-25(19-29)23-47-39(42)43/h8-16,19-20,30,34-35H,4-7,17-18,21-24H2,1-3H3. The fourth-order valence-corrected chi connectivity index (χ4v) is 6.40. The van der Waals surface area contributed by atoms with Crippen LogP contribution in [-0.4, -0.2) is 66.8 Å². The number of fused-ring (bicyclic) bond motifs is 1. The molecule has 12 heteroatoms. The Hall–Kier alpha value is -4.84. The van der Waals surface area contributed by atoms with Crippen molar-refractivity contribution < 1.29 is 38.5 Å². The van der Waals surface area contributed by atoms with Gasteiger partial charge in [0.05, 0.1) is 19.6 Å². The lowest BCUT2D eigenvalue weighted by atomic mass is 9.82. The zero-order valence-electron chi connectivity index (χ0n) is 27.7. The van der Waals surface area contributed by atoms with Gasteiger partial charge in [0.25, 0.3) is 5.09 Å². The molecule has 0 bridgehead atoms. The number of benzene rings is 3. The molecule has 0 radical (unpaired) electrons. The summed E-state index contributed by atoms with van der Waals surface area (Å²) < 4.78 is 22.7. The van der Waals surface area contributed by atoms with Gasteiger partial charge in [-0.3, -0.25) is 14.5 Å². The molecule has 5 rings (SSSR count). The largest absolute Gasteiger partial charge is 0.497 e. The average Bonchev–Trinajstić information content (AvgIpc) is 3.72. The van der Waals surface area contributed by atoms with Crippen LogP contribution >= 0.6 is 0 Å². The van der Waals surface area contributed by atoms with E-state index in [2.05, 4.69) is 23.6 Å². The van der Waals surface area contributed by atoms with Crippen molar-refractivity contribution in [1.82, 2.24) is 9.80 Å². The minimum Gasteiger partial charge on any atom is -0.497 e. The predicted molar refractivity (Wildman–Crippen MR) is 176 cm³/mol. The fraction of sp³-hybridized carbons (Fsp3) is 0.444. The number of carbonyl (C=O) groups excluding carboxylic acids is 2.